The Hall–Kier alpha value is -3.67. The first kappa shape index (κ1) is 17.7. The van der Waals surface area contributed by atoms with Gasteiger partial charge in [-0.1, -0.05) is 53.7 Å². The minimum absolute atomic E-state index is 0.102. The van der Waals surface area contributed by atoms with E-state index in [0.29, 0.717) is 22.7 Å². The maximum absolute atomic E-state index is 12.9. The van der Waals surface area contributed by atoms with Crippen LogP contribution in [-0.2, 0) is 11.3 Å². The Labute approximate surface area is 162 Å². The Morgan fingerprint density at radius 2 is 1.71 bits per heavy atom. The lowest BCUT2D eigenvalue weighted by Crippen LogP contribution is -2.06. The molecule has 2 aromatic carbocycles. The maximum Gasteiger partial charge on any atom is 0.342 e. The average Bonchev–Trinajstić information content (AvgIpc) is 3.32. The molecule has 28 heavy (non-hydrogen) atoms. The summed E-state index contributed by atoms with van der Waals surface area (Å²) >= 11 is 0. The normalized spacial score (nSPS) is 10.8. The number of aromatic nitrogens is 3. The lowest BCUT2D eigenvalue weighted by Gasteiger charge is -2.04. The van der Waals surface area contributed by atoms with E-state index in [1.54, 1.807) is 17.8 Å². The number of carbonyl (C=O) groups excluding carboxylic acids is 1. The highest BCUT2D eigenvalue weighted by atomic mass is 16.5. The van der Waals surface area contributed by atoms with Gasteiger partial charge >= 0.3 is 5.97 Å². The van der Waals surface area contributed by atoms with E-state index in [9.17, 15) is 4.79 Å². The zero-order valence-electron chi connectivity index (χ0n) is 15.6. The van der Waals surface area contributed by atoms with Crippen molar-refractivity contribution in [1.29, 1.82) is 0 Å². The molecule has 2 aromatic heterocycles. The third-order valence-electron chi connectivity index (χ3n) is 4.53. The van der Waals surface area contributed by atoms with E-state index in [1.165, 1.54) is 0 Å². The molecule has 0 saturated carbocycles. The molecular formula is C22H19N3O3. The number of carbonyl (C=O) groups is 1. The van der Waals surface area contributed by atoms with Gasteiger partial charge < -0.3 is 9.26 Å². The fourth-order valence-electron chi connectivity index (χ4n) is 2.97. The van der Waals surface area contributed by atoms with Crippen LogP contribution in [0.2, 0.25) is 0 Å². The molecule has 140 valence electrons. The average molecular weight is 373 g/mol. The van der Waals surface area contributed by atoms with Crippen LogP contribution in [0.5, 0.6) is 0 Å². The monoisotopic (exact) mass is 373 g/mol. The first-order chi connectivity index (χ1) is 13.6. The topological polar surface area (TPSA) is 70.2 Å². The van der Waals surface area contributed by atoms with Crippen LogP contribution in [0, 0.1) is 13.8 Å². The Balaban J connectivity index is 1.68. The van der Waals surface area contributed by atoms with Gasteiger partial charge in [0, 0.05) is 11.8 Å². The predicted octanol–water partition coefficient (Wildman–Crippen LogP) is 4.50. The van der Waals surface area contributed by atoms with E-state index in [4.69, 9.17) is 9.26 Å². The molecule has 0 amide bonds. The number of ether oxygens (including phenoxy) is 1. The highest BCUT2D eigenvalue weighted by Crippen LogP contribution is 2.25. The maximum atomic E-state index is 12.9. The first-order valence-electron chi connectivity index (χ1n) is 8.93. The molecule has 6 nitrogen and oxygen atoms in total. The number of hydrogen-bond donors (Lipinski definition) is 0. The van der Waals surface area contributed by atoms with Crippen LogP contribution in [0.4, 0.5) is 0 Å². The Bertz CT molecular complexity index is 1080. The van der Waals surface area contributed by atoms with Crippen molar-refractivity contribution in [3.05, 3.63) is 89.4 Å². The zero-order valence-corrected chi connectivity index (χ0v) is 15.6. The molecule has 2 heterocycles. The third-order valence-corrected chi connectivity index (χ3v) is 4.53. The lowest BCUT2D eigenvalue weighted by atomic mass is 10.1. The van der Waals surface area contributed by atoms with Crippen molar-refractivity contribution in [2.45, 2.75) is 20.5 Å². The van der Waals surface area contributed by atoms with Gasteiger partial charge in [-0.2, -0.15) is 5.10 Å². The van der Waals surface area contributed by atoms with Gasteiger partial charge in [0.15, 0.2) is 0 Å². The summed E-state index contributed by atoms with van der Waals surface area (Å²) in [7, 11) is 0. The fourth-order valence-corrected chi connectivity index (χ4v) is 2.97. The number of nitrogens with zero attached hydrogens (tertiary/aromatic N) is 3. The van der Waals surface area contributed by atoms with Crippen LogP contribution in [-0.4, -0.2) is 20.9 Å². The molecule has 0 N–H and O–H groups in total. The van der Waals surface area contributed by atoms with Crippen LogP contribution in [0.15, 0.2) is 71.4 Å². The summed E-state index contributed by atoms with van der Waals surface area (Å²) in [4.78, 5) is 12.9. The quantitative estimate of drug-likeness (QED) is 0.482. The van der Waals surface area contributed by atoms with E-state index in [2.05, 4.69) is 10.3 Å². The molecule has 0 bridgehead atoms. The predicted molar refractivity (Wildman–Crippen MR) is 104 cm³/mol. The SMILES string of the molecule is Cc1noc(C)c1COC(=O)c1cn(-c2ccccc2)nc1-c1ccccc1. The van der Waals surface area contributed by atoms with Gasteiger partial charge in [0.1, 0.15) is 23.6 Å². The first-order valence-corrected chi connectivity index (χ1v) is 8.93. The van der Waals surface area contributed by atoms with Crippen molar-refractivity contribution in [3.63, 3.8) is 0 Å². The minimum atomic E-state index is -0.443. The molecule has 0 aliphatic carbocycles. The summed E-state index contributed by atoms with van der Waals surface area (Å²) < 4.78 is 12.4. The molecule has 4 rings (SSSR count). The standard InChI is InChI=1S/C22H19N3O3/c1-15-20(16(2)28-24-15)14-27-22(26)19-13-25(18-11-7-4-8-12-18)23-21(19)17-9-5-3-6-10-17/h3-13H,14H2,1-2H3. The highest BCUT2D eigenvalue weighted by molar-refractivity contribution is 5.96. The molecule has 0 unspecified atom stereocenters. The van der Waals surface area contributed by atoms with Crippen LogP contribution in [0.3, 0.4) is 0 Å². The summed E-state index contributed by atoms with van der Waals surface area (Å²) in [6, 6.07) is 19.2. The van der Waals surface area contributed by atoms with E-state index in [1.807, 2.05) is 67.6 Å². The van der Waals surface area contributed by atoms with Crippen LogP contribution in [0.1, 0.15) is 27.4 Å². The summed E-state index contributed by atoms with van der Waals surface area (Å²) in [5.41, 5.74) is 4.19. The minimum Gasteiger partial charge on any atom is -0.457 e. The smallest absolute Gasteiger partial charge is 0.342 e. The van der Waals surface area contributed by atoms with Crippen molar-refractivity contribution in [2.24, 2.45) is 0 Å². The largest absolute Gasteiger partial charge is 0.457 e. The molecule has 0 aliphatic heterocycles. The van der Waals surface area contributed by atoms with Crippen molar-refractivity contribution in [1.82, 2.24) is 14.9 Å². The molecule has 0 atom stereocenters. The van der Waals surface area contributed by atoms with Crippen molar-refractivity contribution >= 4 is 5.97 Å². The van der Waals surface area contributed by atoms with Gasteiger partial charge in [-0.25, -0.2) is 9.48 Å². The van der Waals surface area contributed by atoms with E-state index in [-0.39, 0.29) is 6.61 Å². The second-order valence-electron chi connectivity index (χ2n) is 6.42. The van der Waals surface area contributed by atoms with Crippen LogP contribution in [0.25, 0.3) is 16.9 Å². The number of benzene rings is 2. The van der Waals surface area contributed by atoms with Crippen molar-refractivity contribution in [2.75, 3.05) is 0 Å². The Morgan fingerprint density at radius 3 is 2.36 bits per heavy atom. The highest BCUT2D eigenvalue weighted by Gasteiger charge is 2.21. The van der Waals surface area contributed by atoms with Gasteiger partial charge in [0.05, 0.1) is 16.9 Å². The number of rotatable bonds is 5. The molecule has 0 aliphatic rings. The molecule has 0 fully saturated rings. The third kappa shape index (κ3) is 3.44. The van der Waals surface area contributed by atoms with E-state index >= 15 is 0 Å². The van der Waals surface area contributed by atoms with Gasteiger partial charge in [0.25, 0.3) is 0 Å². The lowest BCUT2D eigenvalue weighted by molar-refractivity contribution is 0.0471. The summed E-state index contributed by atoms with van der Waals surface area (Å²) in [6.07, 6.45) is 1.70. The van der Waals surface area contributed by atoms with Crippen LogP contribution >= 0.6 is 0 Å². The van der Waals surface area contributed by atoms with Gasteiger partial charge in [-0.3, -0.25) is 0 Å². The van der Waals surface area contributed by atoms with E-state index in [0.717, 1.165) is 16.8 Å². The number of aryl methyl sites for hydroxylation is 2. The molecule has 6 heteroatoms. The second-order valence-corrected chi connectivity index (χ2v) is 6.42. The molecule has 4 aromatic rings. The summed E-state index contributed by atoms with van der Waals surface area (Å²) in [6.45, 7) is 3.72. The van der Waals surface area contributed by atoms with Crippen LogP contribution < -0.4 is 0 Å². The summed E-state index contributed by atoms with van der Waals surface area (Å²) in [5, 5.41) is 8.53. The Kier molecular flexibility index (Phi) is 4.76. The molecule has 0 saturated heterocycles. The number of hydrogen-bond acceptors (Lipinski definition) is 5. The molecule has 0 radical (unpaired) electrons. The fraction of sp³-hybridized carbons (Fsp3) is 0.136. The molecular weight excluding hydrogens is 354 g/mol. The summed E-state index contributed by atoms with van der Waals surface area (Å²) in [5.74, 6) is 0.203. The van der Waals surface area contributed by atoms with E-state index < -0.39 is 5.97 Å². The Morgan fingerprint density at radius 1 is 1.04 bits per heavy atom. The number of para-hydroxylation sites is 1. The van der Waals surface area contributed by atoms with Gasteiger partial charge in [0.2, 0.25) is 0 Å². The van der Waals surface area contributed by atoms with Crippen molar-refractivity contribution < 1.29 is 14.1 Å². The van der Waals surface area contributed by atoms with Gasteiger partial charge in [-0.05, 0) is 26.0 Å². The second kappa shape index (κ2) is 7.52. The van der Waals surface area contributed by atoms with Gasteiger partial charge in [-0.15, -0.1) is 0 Å². The van der Waals surface area contributed by atoms with Crippen molar-refractivity contribution in [3.8, 4) is 16.9 Å². The number of esters is 1. The zero-order chi connectivity index (χ0) is 19.5. The molecule has 0 spiro atoms.